The third-order valence-corrected chi connectivity index (χ3v) is 5.05. The molecule has 0 saturated carbocycles. The summed E-state index contributed by atoms with van der Waals surface area (Å²) < 4.78 is 6.14. The van der Waals surface area contributed by atoms with Crippen molar-refractivity contribution in [3.8, 4) is 5.75 Å². The van der Waals surface area contributed by atoms with Gasteiger partial charge >= 0.3 is 0 Å². The van der Waals surface area contributed by atoms with Crippen LogP contribution in [0.15, 0.2) is 91.5 Å². The van der Waals surface area contributed by atoms with Crippen LogP contribution in [0.3, 0.4) is 0 Å². The number of ether oxygens (including phenoxy) is 1. The number of hydrogen-bond acceptors (Lipinski definition) is 3. The minimum absolute atomic E-state index is 0.0108. The first-order valence-corrected chi connectivity index (χ1v) is 9.81. The van der Waals surface area contributed by atoms with Gasteiger partial charge in [-0.05, 0) is 23.8 Å². The molecule has 1 unspecified atom stereocenters. The zero-order valence-corrected chi connectivity index (χ0v) is 16.3. The van der Waals surface area contributed by atoms with Crippen molar-refractivity contribution in [2.24, 2.45) is 0 Å². The Hall–Kier alpha value is -3.53. The Kier molecular flexibility index (Phi) is 5.61. The number of carbonyl (C=O) groups excluding carboxylic acids is 1. The molecule has 0 fully saturated rings. The van der Waals surface area contributed by atoms with Gasteiger partial charge in [0.1, 0.15) is 11.9 Å². The number of benzene rings is 3. The molecule has 0 saturated heterocycles. The van der Waals surface area contributed by atoms with Crippen LogP contribution in [-0.2, 0) is 6.42 Å². The van der Waals surface area contributed by atoms with E-state index in [4.69, 9.17) is 4.74 Å². The van der Waals surface area contributed by atoms with Gasteiger partial charge in [0.2, 0.25) is 0 Å². The molecule has 1 heterocycles. The van der Waals surface area contributed by atoms with Crippen molar-refractivity contribution in [1.29, 1.82) is 0 Å². The molecular formula is C25H24N2O2. The number of rotatable bonds is 7. The number of nitrogens with one attached hydrogen (secondary N) is 1. The fraction of sp³-hybridized carbons (Fsp3) is 0.160. The van der Waals surface area contributed by atoms with Gasteiger partial charge < -0.3 is 15.0 Å². The first kappa shape index (κ1) is 18.8. The molecule has 4 heteroatoms. The first-order valence-electron chi connectivity index (χ1n) is 9.81. The quantitative estimate of drug-likeness (QED) is 0.579. The van der Waals surface area contributed by atoms with Gasteiger partial charge in [0, 0.05) is 24.2 Å². The van der Waals surface area contributed by atoms with Crippen LogP contribution >= 0.6 is 0 Å². The van der Waals surface area contributed by atoms with Gasteiger partial charge in [0.05, 0.1) is 12.2 Å². The van der Waals surface area contributed by atoms with Crippen molar-refractivity contribution in [3.05, 3.63) is 108 Å². The normalized spacial score (nSPS) is 15.4. The van der Waals surface area contributed by atoms with Crippen molar-refractivity contribution < 1.29 is 9.53 Å². The Labute approximate surface area is 171 Å². The number of hydrogen-bond donors (Lipinski definition) is 1. The zero-order chi connectivity index (χ0) is 20.1. The molecule has 1 atom stereocenters. The third-order valence-electron chi connectivity index (χ3n) is 5.05. The van der Waals surface area contributed by atoms with Crippen LogP contribution in [-0.4, -0.2) is 24.0 Å². The van der Waals surface area contributed by atoms with E-state index in [2.05, 4.69) is 24.0 Å². The van der Waals surface area contributed by atoms with Gasteiger partial charge in [-0.25, -0.2) is 0 Å². The minimum atomic E-state index is -0.316. The van der Waals surface area contributed by atoms with E-state index >= 15 is 0 Å². The summed E-state index contributed by atoms with van der Waals surface area (Å²) in [6, 6.07) is 25.8. The van der Waals surface area contributed by atoms with E-state index in [-0.39, 0.29) is 12.1 Å². The van der Waals surface area contributed by atoms with Crippen LogP contribution in [0.4, 0.5) is 5.69 Å². The third kappa shape index (κ3) is 4.02. The summed E-state index contributed by atoms with van der Waals surface area (Å²) in [5.74, 6) is 0.769. The van der Waals surface area contributed by atoms with E-state index in [1.807, 2.05) is 66.7 Å². The summed E-state index contributed by atoms with van der Waals surface area (Å²) in [5.41, 5.74) is 3.68. The Morgan fingerprint density at radius 2 is 1.69 bits per heavy atom. The van der Waals surface area contributed by atoms with Crippen molar-refractivity contribution >= 4 is 11.6 Å². The van der Waals surface area contributed by atoms with Crippen LogP contribution in [0, 0.1) is 0 Å². The van der Waals surface area contributed by atoms with Crippen LogP contribution in [0.25, 0.3) is 0 Å². The molecule has 1 amide bonds. The highest BCUT2D eigenvalue weighted by Crippen LogP contribution is 2.36. The van der Waals surface area contributed by atoms with Gasteiger partial charge in [0.25, 0.3) is 5.91 Å². The topological polar surface area (TPSA) is 41.6 Å². The average Bonchev–Trinajstić information content (AvgIpc) is 2.77. The summed E-state index contributed by atoms with van der Waals surface area (Å²) in [6.45, 7) is 4.84. The van der Waals surface area contributed by atoms with Crippen molar-refractivity contribution in [2.45, 2.75) is 12.6 Å². The van der Waals surface area contributed by atoms with Gasteiger partial charge in [-0.15, -0.1) is 6.58 Å². The standard InChI is InChI=1S/C25H24N2O2/c1-2-17-27-24(26-22-14-8-6-12-20(22)25(27)28)21-13-7-9-15-23(21)29-18-16-19-10-4-3-5-11-19/h2-15,24,26H,1,16-18H2. The highest BCUT2D eigenvalue weighted by molar-refractivity contribution is 6.01. The van der Waals surface area contributed by atoms with Crippen molar-refractivity contribution in [1.82, 2.24) is 4.90 Å². The van der Waals surface area contributed by atoms with Crippen LogP contribution in [0.5, 0.6) is 5.75 Å². The fourth-order valence-electron chi connectivity index (χ4n) is 3.63. The molecule has 1 N–H and O–H groups in total. The summed E-state index contributed by atoms with van der Waals surface area (Å²) in [6.07, 6.45) is 2.26. The van der Waals surface area contributed by atoms with Crippen molar-refractivity contribution in [2.75, 3.05) is 18.5 Å². The molecule has 3 aromatic carbocycles. The van der Waals surface area contributed by atoms with E-state index in [0.29, 0.717) is 18.7 Å². The number of anilines is 1. The van der Waals surface area contributed by atoms with Gasteiger partial charge in [0.15, 0.2) is 0 Å². The second-order valence-corrected chi connectivity index (χ2v) is 6.96. The molecule has 146 valence electrons. The maximum atomic E-state index is 13.1. The Balaban J connectivity index is 1.59. The Bertz CT molecular complexity index is 1000. The van der Waals surface area contributed by atoms with E-state index in [1.165, 1.54) is 5.56 Å². The monoisotopic (exact) mass is 384 g/mol. The molecule has 0 aliphatic carbocycles. The van der Waals surface area contributed by atoms with Gasteiger partial charge in [-0.3, -0.25) is 4.79 Å². The van der Waals surface area contributed by atoms with Gasteiger partial charge in [-0.1, -0.05) is 66.7 Å². The average molecular weight is 384 g/mol. The summed E-state index contributed by atoms with van der Waals surface area (Å²) in [4.78, 5) is 14.9. The number of para-hydroxylation sites is 2. The second-order valence-electron chi connectivity index (χ2n) is 6.96. The van der Waals surface area contributed by atoms with Crippen molar-refractivity contribution in [3.63, 3.8) is 0 Å². The molecule has 0 radical (unpaired) electrons. The molecule has 29 heavy (non-hydrogen) atoms. The predicted octanol–water partition coefficient (Wildman–Crippen LogP) is 5.06. The lowest BCUT2D eigenvalue weighted by atomic mass is 10.0. The maximum absolute atomic E-state index is 13.1. The lowest BCUT2D eigenvalue weighted by Gasteiger charge is -2.38. The number of amides is 1. The lowest BCUT2D eigenvalue weighted by molar-refractivity contribution is 0.0705. The van der Waals surface area contributed by atoms with Crippen LogP contribution < -0.4 is 10.1 Å². The number of carbonyl (C=O) groups is 1. The molecular weight excluding hydrogens is 360 g/mol. The number of fused-ring (bicyclic) bond motifs is 1. The molecule has 1 aliphatic heterocycles. The summed E-state index contributed by atoms with van der Waals surface area (Å²) in [5, 5.41) is 3.50. The minimum Gasteiger partial charge on any atom is -0.493 e. The van der Waals surface area contributed by atoms with E-state index < -0.39 is 0 Å². The predicted molar refractivity (Wildman–Crippen MR) is 116 cm³/mol. The first-order chi connectivity index (χ1) is 14.3. The highest BCUT2D eigenvalue weighted by Gasteiger charge is 2.33. The van der Waals surface area contributed by atoms with E-state index in [1.54, 1.807) is 11.0 Å². The largest absolute Gasteiger partial charge is 0.493 e. The fourth-order valence-corrected chi connectivity index (χ4v) is 3.63. The Morgan fingerprint density at radius 3 is 2.52 bits per heavy atom. The lowest BCUT2D eigenvalue weighted by Crippen LogP contribution is -2.43. The van der Waals surface area contributed by atoms with E-state index in [9.17, 15) is 4.79 Å². The molecule has 4 nitrogen and oxygen atoms in total. The number of nitrogens with zero attached hydrogens (tertiary/aromatic N) is 1. The zero-order valence-electron chi connectivity index (χ0n) is 16.3. The SMILES string of the molecule is C=CCN1C(=O)c2ccccc2NC1c1ccccc1OCCc1ccccc1. The summed E-state index contributed by atoms with van der Waals surface area (Å²) in [7, 11) is 0. The highest BCUT2D eigenvalue weighted by atomic mass is 16.5. The molecule has 3 aromatic rings. The molecule has 0 spiro atoms. The molecule has 0 bridgehead atoms. The summed E-state index contributed by atoms with van der Waals surface area (Å²) >= 11 is 0. The van der Waals surface area contributed by atoms with Crippen LogP contribution in [0.2, 0.25) is 0 Å². The van der Waals surface area contributed by atoms with Gasteiger partial charge in [-0.2, -0.15) is 0 Å². The molecule has 0 aromatic heterocycles. The molecule has 1 aliphatic rings. The van der Waals surface area contributed by atoms with E-state index in [0.717, 1.165) is 23.4 Å². The van der Waals surface area contributed by atoms with Crippen LogP contribution in [0.1, 0.15) is 27.7 Å². The maximum Gasteiger partial charge on any atom is 0.258 e. The second kappa shape index (κ2) is 8.65. The Morgan fingerprint density at radius 1 is 0.966 bits per heavy atom. The molecule has 4 rings (SSSR count). The smallest absolute Gasteiger partial charge is 0.258 e.